The second kappa shape index (κ2) is 6.14. The number of nitrogens with zero attached hydrogens (tertiary/aromatic N) is 2. The molecular formula is C9H11N5O5. The van der Waals surface area contributed by atoms with Crippen molar-refractivity contribution in [1.82, 2.24) is 10.3 Å². The van der Waals surface area contributed by atoms with Crippen molar-refractivity contribution in [3.63, 3.8) is 0 Å². The molecule has 0 aliphatic rings. The molecule has 0 bridgehead atoms. The number of carboxylic acids is 1. The third kappa shape index (κ3) is 4.11. The highest BCUT2D eigenvalue weighted by Gasteiger charge is 2.18. The quantitative estimate of drug-likeness (QED) is 0.315. The number of primary amides is 1. The van der Waals surface area contributed by atoms with E-state index < -0.39 is 22.6 Å². The zero-order valence-electron chi connectivity index (χ0n) is 9.62. The Morgan fingerprint density at radius 3 is 2.68 bits per heavy atom. The largest absolute Gasteiger partial charge is 0.478 e. The molecule has 0 saturated heterocycles. The van der Waals surface area contributed by atoms with Crippen LogP contribution in [0.4, 0.5) is 16.3 Å². The number of nitrogens with one attached hydrogen (secondary N) is 2. The van der Waals surface area contributed by atoms with Gasteiger partial charge >= 0.3 is 17.7 Å². The minimum atomic E-state index is -1.31. The van der Waals surface area contributed by atoms with E-state index in [1.54, 1.807) is 0 Å². The molecule has 0 atom stereocenters. The molecule has 19 heavy (non-hydrogen) atoms. The fraction of sp³-hybridized carbons (Fsp3) is 0.222. The van der Waals surface area contributed by atoms with E-state index in [0.29, 0.717) is 0 Å². The van der Waals surface area contributed by atoms with Gasteiger partial charge in [-0.3, -0.25) is 10.1 Å². The molecule has 10 nitrogen and oxygen atoms in total. The Labute approximate surface area is 106 Å². The van der Waals surface area contributed by atoms with Crippen molar-refractivity contribution in [2.24, 2.45) is 5.73 Å². The molecule has 1 heterocycles. The average Bonchev–Trinajstić information content (AvgIpc) is 2.34. The number of aromatic carboxylic acids is 1. The molecule has 0 radical (unpaired) electrons. The number of hydrogen-bond donors (Lipinski definition) is 4. The Bertz CT molecular complexity index is 518. The van der Waals surface area contributed by atoms with E-state index in [2.05, 4.69) is 15.6 Å². The van der Waals surface area contributed by atoms with E-state index in [1.807, 2.05) is 0 Å². The number of carboxylic acid groups (broad SMARTS) is 1. The number of carbonyl (C=O) groups excluding carboxylic acids is 1. The lowest BCUT2D eigenvalue weighted by Gasteiger charge is -2.06. The number of urea groups is 1. The van der Waals surface area contributed by atoms with Crippen LogP contribution in [-0.4, -0.2) is 40.1 Å². The number of rotatable bonds is 6. The predicted octanol–water partition coefficient (Wildman–Crippen LogP) is -0.232. The second-order valence-electron chi connectivity index (χ2n) is 3.37. The van der Waals surface area contributed by atoms with Crippen molar-refractivity contribution in [2.45, 2.75) is 0 Å². The Balaban J connectivity index is 2.79. The zero-order valence-corrected chi connectivity index (χ0v) is 9.62. The molecule has 1 aromatic heterocycles. The molecule has 0 aromatic carbocycles. The summed E-state index contributed by atoms with van der Waals surface area (Å²) in [5.41, 5.74) is 4.09. The number of pyridine rings is 1. The second-order valence-corrected chi connectivity index (χ2v) is 3.37. The van der Waals surface area contributed by atoms with Crippen LogP contribution in [0.5, 0.6) is 0 Å². The lowest BCUT2D eigenvalue weighted by Crippen LogP contribution is -2.33. The van der Waals surface area contributed by atoms with Gasteiger partial charge in [0.15, 0.2) is 0 Å². The minimum absolute atomic E-state index is 0.0822. The van der Waals surface area contributed by atoms with Gasteiger partial charge in [0.2, 0.25) is 5.82 Å². The van der Waals surface area contributed by atoms with Crippen LogP contribution in [0.15, 0.2) is 12.3 Å². The van der Waals surface area contributed by atoms with Gasteiger partial charge in [0.05, 0.1) is 10.5 Å². The zero-order chi connectivity index (χ0) is 14.4. The summed E-state index contributed by atoms with van der Waals surface area (Å²) in [6.07, 6.45) is 0.999. The van der Waals surface area contributed by atoms with Gasteiger partial charge in [-0.2, -0.15) is 0 Å². The molecule has 5 N–H and O–H groups in total. The van der Waals surface area contributed by atoms with Crippen molar-refractivity contribution in [2.75, 3.05) is 18.4 Å². The third-order valence-corrected chi connectivity index (χ3v) is 2.03. The van der Waals surface area contributed by atoms with Crippen molar-refractivity contribution >= 4 is 23.5 Å². The highest BCUT2D eigenvalue weighted by Crippen LogP contribution is 2.22. The highest BCUT2D eigenvalue weighted by atomic mass is 16.6. The van der Waals surface area contributed by atoms with Crippen LogP contribution in [0.1, 0.15) is 10.4 Å². The van der Waals surface area contributed by atoms with Gasteiger partial charge in [-0.1, -0.05) is 0 Å². The topological polar surface area (TPSA) is 160 Å². The molecule has 0 unspecified atom stereocenters. The third-order valence-electron chi connectivity index (χ3n) is 2.03. The normalized spacial score (nSPS) is 9.68. The molecule has 1 aromatic rings. The Hall–Kier alpha value is -2.91. The van der Waals surface area contributed by atoms with E-state index in [1.165, 1.54) is 0 Å². The first-order valence-corrected chi connectivity index (χ1v) is 5.06. The van der Waals surface area contributed by atoms with E-state index in [-0.39, 0.29) is 24.5 Å². The predicted molar refractivity (Wildman–Crippen MR) is 63.9 cm³/mol. The van der Waals surface area contributed by atoms with Crippen LogP contribution in [-0.2, 0) is 0 Å². The van der Waals surface area contributed by atoms with E-state index in [0.717, 1.165) is 12.3 Å². The van der Waals surface area contributed by atoms with Gasteiger partial charge in [-0.15, -0.1) is 0 Å². The summed E-state index contributed by atoms with van der Waals surface area (Å²) in [6.45, 7) is 0.304. The highest BCUT2D eigenvalue weighted by molar-refractivity contribution is 5.88. The summed E-state index contributed by atoms with van der Waals surface area (Å²) in [7, 11) is 0. The Morgan fingerprint density at radius 1 is 1.47 bits per heavy atom. The SMILES string of the molecule is NC(=O)NCCNc1ncc(C(=O)O)cc1[N+](=O)[O-]. The van der Waals surface area contributed by atoms with Gasteiger partial charge in [0.1, 0.15) is 0 Å². The lowest BCUT2D eigenvalue weighted by molar-refractivity contribution is -0.384. The molecule has 0 saturated carbocycles. The summed E-state index contributed by atoms with van der Waals surface area (Å²) in [5.74, 6) is -1.39. The first-order chi connectivity index (χ1) is 8.91. The summed E-state index contributed by atoms with van der Waals surface area (Å²) in [4.78, 5) is 34.8. The molecule has 0 spiro atoms. The van der Waals surface area contributed by atoms with Gasteiger partial charge in [0.25, 0.3) is 0 Å². The Kier molecular flexibility index (Phi) is 4.57. The number of carbonyl (C=O) groups is 2. The number of anilines is 1. The lowest BCUT2D eigenvalue weighted by atomic mass is 10.2. The van der Waals surface area contributed by atoms with Crippen molar-refractivity contribution in [1.29, 1.82) is 0 Å². The average molecular weight is 269 g/mol. The summed E-state index contributed by atoms with van der Waals surface area (Å²) in [5, 5.41) is 24.4. The molecule has 0 aliphatic heterocycles. The number of aromatic nitrogens is 1. The first-order valence-electron chi connectivity index (χ1n) is 5.06. The Morgan fingerprint density at radius 2 is 2.16 bits per heavy atom. The summed E-state index contributed by atoms with van der Waals surface area (Å²) >= 11 is 0. The molecule has 1 rings (SSSR count). The molecular weight excluding hydrogens is 258 g/mol. The van der Waals surface area contributed by atoms with Crippen LogP contribution in [0.25, 0.3) is 0 Å². The fourth-order valence-electron chi connectivity index (χ4n) is 1.21. The molecule has 0 fully saturated rings. The number of amides is 2. The van der Waals surface area contributed by atoms with E-state index in [4.69, 9.17) is 10.8 Å². The number of nitrogens with two attached hydrogens (primary N) is 1. The van der Waals surface area contributed by atoms with Gasteiger partial charge < -0.3 is 21.5 Å². The number of hydrogen-bond acceptors (Lipinski definition) is 6. The summed E-state index contributed by atoms with van der Waals surface area (Å²) in [6, 6.07) is 0.185. The van der Waals surface area contributed by atoms with Crippen LogP contribution in [0.3, 0.4) is 0 Å². The van der Waals surface area contributed by atoms with Crippen LogP contribution in [0.2, 0.25) is 0 Å². The van der Waals surface area contributed by atoms with Gasteiger partial charge in [-0.05, 0) is 0 Å². The molecule has 2 amide bonds. The van der Waals surface area contributed by atoms with Crippen LogP contribution < -0.4 is 16.4 Å². The van der Waals surface area contributed by atoms with E-state index >= 15 is 0 Å². The molecule has 10 heteroatoms. The summed E-state index contributed by atoms with van der Waals surface area (Å²) < 4.78 is 0. The standard InChI is InChI=1S/C9H11N5O5/c10-9(17)12-2-1-11-7-6(14(18)19)3-5(4-13-7)8(15)16/h3-4H,1-2H2,(H,11,13)(H,15,16)(H3,10,12,17). The van der Waals surface area contributed by atoms with Crippen LogP contribution >= 0.6 is 0 Å². The van der Waals surface area contributed by atoms with Gasteiger partial charge in [-0.25, -0.2) is 14.6 Å². The van der Waals surface area contributed by atoms with Crippen molar-refractivity contribution < 1.29 is 19.6 Å². The van der Waals surface area contributed by atoms with Crippen molar-refractivity contribution in [3.05, 3.63) is 27.9 Å². The smallest absolute Gasteiger partial charge is 0.337 e. The fourth-order valence-corrected chi connectivity index (χ4v) is 1.21. The molecule has 0 aliphatic carbocycles. The van der Waals surface area contributed by atoms with Gasteiger partial charge in [0, 0.05) is 25.4 Å². The number of nitro groups is 1. The maximum Gasteiger partial charge on any atom is 0.337 e. The first kappa shape index (κ1) is 14.2. The minimum Gasteiger partial charge on any atom is -0.478 e. The maximum absolute atomic E-state index is 10.8. The molecule has 102 valence electrons. The maximum atomic E-state index is 10.8. The van der Waals surface area contributed by atoms with Crippen LogP contribution in [0, 0.1) is 10.1 Å². The monoisotopic (exact) mass is 269 g/mol. The van der Waals surface area contributed by atoms with E-state index in [9.17, 15) is 19.7 Å². The van der Waals surface area contributed by atoms with Crippen molar-refractivity contribution in [3.8, 4) is 0 Å².